The molecule has 66 heavy (non-hydrogen) atoms. The van der Waals surface area contributed by atoms with Crippen LogP contribution in [0.25, 0.3) is 195 Å². The highest BCUT2D eigenvalue weighted by Gasteiger charge is 2.40. The molecule has 0 bridgehead atoms. The fourth-order valence-electron chi connectivity index (χ4n) is 14.8. The van der Waals surface area contributed by atoms with Gasteiger partial charge in [-0.15, -0.1) is 10.2 Å². The first-order valence-corrected chi connectivity index (χ1v) is 24.0. The third-order valence-corrected chi connectivity index (χ3v) is 17.8. The maximum atomic E-state index is 5.59. The van der Waals surface area contributed by atoms with Crippen LogP contribution in [0.1, 0.15) is 23.7 Å². The van der Waals surface area contributed by atoms with Crippen molar-refractivity contribution in [3.8, 4) is 22.5 Å². The molecule has 8 radical (unpaired) electrons. The molecule has 18 aromatic carbocycles. The van der Waals surface area contributed by atoms with Gasteiger partial charge in [0.25, 0.3) is 0 Å². The zero-order chi connectivity index (χ0) is 42.7. The molecule has 0 aliphatic rings. The first-order valence-electron chi connectivity index (χ1n) is 22.1. The van der Waals surface area contributed by atoms with Crippen molar-refractivity contribution in [2.45, 2.75) is 12.6 Å². The van der Waals surface area contributed by atoms with Crippen LogP contribution in [-0.2, 0) is 15.2 Å². The quantitative estimate of drug-likeness (QED) is 0.0655. The second-order valence-electron chi connectivity index (χ2n) is 19.0. The number of aromatic nitrogens is 2. The Bertz CT molecular complexity index is 4830. The van der Waals surface area contributed by atoms with Crippen molar-refractivity contribution in [3.05, 3.63) is 108 Å². The number of rotatable bonds is 8. The molecule has 288 valence electrons. The summed E-state index contributed by atoms with van der Waals surface area (Å²) >= 11 is 9.32. The molecule has 10 heteroatoms. The van der Waals surface area contributed by atoms with Crippen molar-refractivity contribution in [1.82, 2.24) is 10.2 Å². The summed E-state index contributed by atoms with van der Waals surface area (Å²) in [7, 11) is 0. The van der Waals surface area contributed by atoms with E-state index in [0.717, 1.165) is 44.4 Å². The van der Waals surface area contributed by atoms with Crippen LogP contribution in [0.4, 0.5) is 0 Å². The van der Waals surface area contributed by atoms with Crippen molar-refractivity contribution < 1.29 is 15.2 Å². The second kappa shape index (κ2) is 10.9. The van der Waals surface area contributed by atoms with Gasteiger partial charge in [0.05, 0.1) is 0 Å². The van der Waals surface area contributed by atoms with Gasteiger partial charge < -0.3 is 15.2 Å². The van der Waals surface area contributed by atoms with Gasteiger partial charge in [-0.2, -0.15) is 0 Å². The van der Waals surface area contributed by atoms with E-state index in [1.807, 2.05) is 0 Å². The number of fused-ring (bicyclic) bond motifs is 8. The maximum absolute atomic E-state index is 5.59. The molecule has 19 aromatic rings. The SMILES string of the molecule is [Al][O]C([O][Al])c1ccc(-c2nnc(-c3ccc(C([O][Al])[O][Al])cc3)c3c2c2c4ccc5c6ccc7c8ccc9c%10ccc%11c3c3c2c2c4c5c4c6c7c5c8c9c6c%10c%11c3c3c6c5c4c23)cc1. The summed E-state index contributed by atoms with van der Waals surface area (Å²) in [5, 5.41) is 55.0. The third kappa shape index (κ3) is 3.27. The van der Waals surface area contributed by atoms with Crippen LogP contribution in [0.5, 0.6) is 0 Å². The van der Waals surface area contributed by atoms with Gasteiger partial charge in [0.2, 0.25) is 0 Å². The lowest BCUT2D eigenvalue weighted by atomic mass is 9.88. The zero-order valence-corrected chi connectivity index (χ0v) is 38.8. The Hall–Kier alpha value is -5.45. The van der Waals surface area contributed by atoms with Crippen molar-refractivity contribution in [3.63, 3.8) is 0 Å². The van der Waals surface area contributed by atoms with Crippen LogP contribution in [0.15, 0.2) is 97.1 Å². The molecule has 0 saturated heterocycles. The predicted octanol–water partition coefficient (Wildman–Crippen LogP) is 13.4. The molecular weight excluding hydrogens is 873 g/mol. The van der Waals surface area contributed by atoms with Gasteiger partial charge in [-0.05, 0) is 140 Å². The Kier molecular flexibility index (Phi) is 5.77. The Morgan fingerprint density at radius 2 is 0.455 bits per heavy atom. The average molecular weight is 891 g/mol. The Labute approximate surface area is 404 Å². The summed E-state index contributed by atoms with van der Waals surface area (Å²) in [4.78, 5) is 0. The molecule has 0 amide bonds. The summed E-state index contributed by atoms with van der Waals surface area (Å²) in [6.07, 6.45) is -1.10. The fourth-order valence-corrected chi connectivity index (χ4v) is 16.0. The monoisotopic (exact) mass is 890 g/mol. The van der Waals surface area contributed by atoms with E-state index >= 15 is 0 Å². The zero-order valence-electron chi connectivity index (χ0n) is 34.2. The van der Waals surface area contributed by atoms with Gasteiger partial charge in [0.1, 0.15) is 24.0 Å². The van der Waals surface area contributed by atoms with Crippen LogP contribution in [0, 0.1) is 0 Å². The molecule has 0 spiro atoms. The molecule has 0 fully saturated rings. The van der Waals surface area contributed by atoms with Crippen molar-refractivity contribution in [1.29, 1.82) is 0 Å². The highest BCUT2D eigenvalue weighted by atomic mass is 27.1. The number of nitrogens with zero attached hydrogens (tertiary/aromatic N) is 2. The molecule has 0 atom stereocenters. The van der Waals surface area contributed by atoms with Gasteiger partial charge in [-0.3, -0.25) is 0 Å². The van der Waals surface area contributed by atoms with E-state index < -0.39 is 12.6 Å². The van der Waals surface area contributed by atoms with Crippen molar-refractivity contribution in [2.75, 3.05) is 0 Å². The standard InChI is InChI=1S/C56H18N2O4.4Al/c59-55(60)19-5-1-17(2-6-19)53-51-37-27-15-13-25-23-11-9-21-22-10-12-24-26-14-16-28-36-34(26)41-32(24)30(22)39-29(21)31(23)40-33(25)35(27)42-44(37)45(43(36)50-48(41)46(39)47(40)49(42)50)38(28)52(51)54(58-57-53)18-3-7-20(8-4-18)56(61)62;;;;/h1-16,55-56H;;;;/q-4;4*+1. The Morgan fingerprint density at radius 3 is 0.727 bits per heavy atom. The minimum absolute atomic E-state index is 0.549. The topological polar surface area (TPSA) is 62.7 Å². The number of hydrogen-bond acceptors (Lipinski definition) is 6. The molecule has 1 heterocycles. The lowest BCUT2D eigenvalue weighted by molar-refractivity contribution is 0.0178. The summed E-state index contributed by atoms with van der Waals surface area (Å²) < 4.78 is 22.4. The summed E-state index contributed by atoms with van der Waals surface area (Å²) in [5.41, 5.74) is 5.47. The van der Waals surface area contributed by atoms with Crippen LogP contribution < -0.4 is 0 Å². The average Bonchev–Trinajstić information content (AvgIpc) is 4.20. The molecule has 19 rings (SSSR count). The molecule has 6 nitrogen and oxygen atoms in total. The molecule has 0 aliphatic carbocycles. The maximum Gasteiger partial charge on any atom is 0.373 e. The smallest absolute Gasteiger partial charge is 0.373 e. The molecular formula is C56H18Al4N2O4. The van der Waals surface area contributed by atoms with Gasteiger partial charge in [-0.1, -0.05) is 97.1 Å². The molecule has 0 saturated carbocycles. The number of benzene rings is 12. The Balaban J connectivity index is 1.14. The molecule has 1 aromatic heterocycles. The summed E-state index contributed by atoms with van der Waals surface area (Å²) in [5.74, 6) is 0. The van der Waals surface area contributed by atoms with E-state index in [9.17, 15) is 0 Å². The van der Waals surface area contributed by atoms with E-state index in [2.05, 4.69) is 164 Å². The van der Waals surface area contributed by atoms with Crippen LogP contribution in [0.3, 0.4) is 0 Å². The fraction of sp³-hybridized carbons (Fsp3) is 0.0357. The molecule has 0 unspecified atom stereocenters. The van der Waals surface area contributed by atoms with Crippen LogP contribution in [0.2, 0.25) is 0 Å². The predicted molar refractivity (Wildman–Crippen MR) is 271 cm³/mol. The largest absolute Gasteiger partial charge is 0.494 e. The molecule has 0 aliphatic heterocycles. The highest BCUT2D eigenvalue weighted by Crippen LogP contribution is 2.69. The number of hydrogen-bond donors (Lipinski definition) is 0. The normalized spacial score (nSPS) is 14.2. The van der Waals surface area contributed by atoms with Crippen molar-refractivity contribution >= 4 is 239 Å². The highest BCUT2D eigenvalue weighted by molar-refractivity contribution is 6.71. The van der Waals surface area contributed by atoms with E-state index in [1.54, 1.807) is 0 Å². The van der Waals surface area contributed by atoms with Crippen molar-refractivity contribution in [2.24, 2.45) is 0 Å². The van der Waals surface area contributed by atoms with Gasteiger partial charge in [0, 0.05) is 54.6 Å². The summed E-state index contributed by atoms with van der Waals surface area (Å²) in [6.45, 7) is 0. The van der Waals surface area contributed by atoms with Gasteiger partial charge in [-0.25, -0.2) is 0 Å². The van der Waals surface area contributed by atoms with E-state index in [0.29, 0.717) is 0 Å². The van der Waals surface area contributed by atoms with Gasteiger partial charge >= 0.3 is 66.5 Å². The van der Waals surface area contributed by atoms with E-state index in [-0.39, 0.29) is 0 Å². The second-order valence-corrected chi connectivity index (χ2v) is 20.1. The minimum Gasteiger partial charge on any atom is -0.494 e. The third-order valence-electron chi connectivity index (χ3n) is 16.9. The molecule has 0 N–H and O–H groups in total. The summed E-state index contributed by atoms with van der Waals surface area (Å²) in [6, 6.07) is 36.3. The lowest BCUT2D eigenvalue weighted by Crippen LogP contribution is -2.05. The van der Waals surface area contributed by atoms with Crippen LogP contribution in [-0.4, -0.2) is 76.7 Å². The van der Waals surface area contributed by atoms with E-state index in [1.165, 1.54) is 162 Å². The first-order chi connectivity index (χ1) is 32.6. The van der Waals surface area contributed by atoms with Gasteiger partial charge in [0.15, 0.2) is 0 Å². The van der Waals surface area contributed by atoms with Crippen LogP contribution >= 0.6 is 0 Å². The minimum atomic E-state index is -0.549. The Morgan fingerprint density at radius 1 is 0.242 bits per heavy atom. The van der Waals surface area contributed by atoms with E-state index in [4.69, 9.17) is 25.4 Å². The first kappa shape index (κ1) is 34.8. The lowest BCUT2D eigenvalue weighted by Gasteiger charge is -2.19.